The lowest BCUT2D eigenvalue weighted by Crippen LogP contribution is -2.26. The van der Waals surface area contributed by atoms with Gasteiger partial charge in [0.05, 0.1) is 0 Å². The molecule has 5 aromatic rings. The second kappa shape index (κ2) is 8.27. The summed E-state index contributed by atoms with van der Waals surface area (Å²) >= 11 is 0. The standard InChI is InChI=1S/C30H23OP2/c32-33(22-11-3-1-4-12-22,23-13-5-2-6-14-23)24-19-20-30-28(21-24)26-16-8-7-15-25(26)27-17-9-10-18-29(27)31-30/h1-21H,32H2/q+1. The molecule has 1 unspecified atom stereocenters. The van der Waals surface area contributed by atoms with E-state index in [4.69, 9.17) is 4.74 Å². The van der Waals surface area contributed by atoms with Gasteiger partial charge in [-0.2, -0.15) is 0 Å². The molecular formula is C30H23OP2+. The van der Waals surface area contributed by atoms with Gasteiger partial charge in [0.15, 0.2) is 0 Å². The third-order valence-corrected chi connectivity index (χ3v) is 12.3. The van der Waals surface area contributed by atoms with E-state index in [1.165, 1.54) is 27.0 Å². The predicted octanol–water partition coefficient (Wildman–Crippen LogP) is 7.21. The van der Waals surface area contributed by atoms with Gasteiger partial charge in [0.1, 0.15) is 34.4 Å². The van der Waals surface area contributed by atoms with Gasteiger partial charge in [-0.15, -0.1) is 0 Å². The molecule has 0 saturated heterocycles. The summed E-state index contributed by atoms with van der Waals surface area (Å²) < 4.78 is 6.47. The van der Waals surface area contributed by atoms with Crippen molar-refractivity contribution in [2.45, 2.75) is 0 Å². The Labute approximate surface area is 197 Å². The molecule has 0 radical (unpaired) electrons. The topological polar surface area (TPSA) is 9.23 Å². The number of rotatable bonds is 3. The molecule has 33 heavy (non-hydrogen) atoms. The van der Waals surface area contributed by atoms with Crippen LogP contribution in [0, 0.1) is 0 Å². The van der Waals surface area contributed by atoms with Gasteiger partial charge in [-0.25, -0.2) is 0 Å². The maximum absolute atomic E-state index is 6.47. The molecule has 5 aromatic carbocycles. The molecule has 158 valence electrons. The van der Waals surface area contributed by atoms with Crippen LogP contribution in [-0.2, 0) is 0 Å². The minimum absolute atomic E-state index is 0.897. The molecule has 0 spiro atoms. The molecule has 1 heterocycles. The van der Waals surface area contributed by atoms with Crippen LogP contribution in [0.5, 0.6) is 11.5 Å². The predicted molar refractivity (Wildman–Crippen MR) is 146 cm³/mol. The van der Waals surface area contributed by atoms with E-state index in [9.17, 15) is 0 Å². The minimum atomic E-state index is -1.91. The molecule has 0 amide bonds. The summed E-state index contributed by atoms with van der Waals surface area (Å²) in [7, 11) is 3.26. The summed E-state index contributed by atoms with van der Waals surface area (Å²) in [4.78, 5) is 0. The number of hydrogen-bond donors (Lipinski definition) is 0. The zero-order valence-electron chi connectivity index (χ0n) is 18.1. The van der Waals surface area contributed by atoms with Gasteiger partial charge in [-0.3, -0.25) is 0 Å². The number of benzene rings is 5. The number of fused-ring (bicyclic) bond motifs is 5. The zero-order chi connectivity index (χ0) is 22.3. The Bertz CT molecular complexity index is 1410. The van der Waals surface area contributed by atoms with Crippen molar-refractivity contribution in [3.8, 4) is 33.8 Å². The average molecular weight is 461 g/mol. The summed E-state index contributed by atoms with van der Waals surface area (Å²) in [5.41, 5.74) is 4.68. The SMILES string of the molecule is P[P+](c1ccccc1)(c1ccccc1)c1ccc2c(c1)-c1ccccc1-c1ccccc1O2. The van der Waals surface area contributed by atoms with Gasteiger partial charge in [-0.1, -0.05) is 78.9 Å². The number of para-hydroxylation sites is 1. The largest absolute Gasteiger partial charge is 0.456 e. The third-order valence-electron chi connectivity index (χ3n) is 6.31. The minimum Gasteiger partial charge on any atom is -0.456 e. The van der Waals surface area contributed by atoms with Crippen LogP contribution in [0.1, 0.15) is 0 Å². The Morgan fingerprint density at radius 1 is 0.424 bits per heavy atom. The lowest BCUT2D eigenvalue weighted by Gasteiger charge is -2.24. The summed E-state index contributed by atoms with van der Waals surface area (Å²) in [5, 5.41) is 3.99. The van der Waals surface area contributed by atoms with Gasteiger partial charge in [0.25, 0.3) is 0 Å². The first kappa shape index (κ1) is 20.4. The van der Waals surface area contributed by atoms with Crippen LogP contribution in [0.3, 0.4) is 0 Å². The van der Waals surface area contributed by atoms with Crippen LogP contribution in [0.15, 0.2) is 127 Å². The van der Waals surface area contributed by atoms with Crippen molar-refractivity contribution in [1.82, 2.24) is 0 Å². The van der Waals surface area contributed by atoms with Gasteiger partial charge >= 0.3 is 0 Å². The molecule has 0 aliphatic carbocycles. The zero-order valence-corrected chi connectivity index (χ0v) is 20.1. The molecule has 3 heteroatoms. The van der Waals surface area contributed by atoms with Crippen LogP contribution in [0.4, 0.5) is 0 Å². The second-order valence-electron chi connectivity index (χ2n) is 8.22. The van der Waals surface area contributed by atoms with E-state index in [-0.39, 0.29) is 0 Å². The molecule has 0 fully saturated rings. The van der Waals surface area contributed by atoms with E-state index in [1.807, 2.05) is 6.07 Å². The first-order valence-corrected chi connectivity index (χ1v) is 14.5. The van der Waals surface area contributed by atoms with Crippen LogP contribution >= 0.6 is 15.9 Å². The van der Waals surface area contributed by atoms with E-state index in [2.05, 4.69) is 130 Å². The first-order chi connectivity index (χ1) is 16.2. The van der Waals surface area contributed by atoms with Crippen LogP contribution in [0.2, 0.25) is 0 Å². The highest BCUT2D eigenvalue weighted by atomic mass is 32.1. The van der Waals surface area contributed by atoms with Crippen molar-refractivity contribution < 1.29 is 4.74 Å². The normalized spacial score (nSPS) is 12.0. The molecule has 0 bridgehead atoms. The highest BCUT2D eigenvalue weighted by Crippen LogP contribution is 2.63. The highest BCUT2D eigenvalue weighted by molar-refractivity contribution is 8.36. The Morgan fingerprint density at radius 3 is 1.55 bits per heavy atom. The van der Waals surface area contributed by atoms with Gasteiger partial charge in [-0.05, 0) is 59.7 Å². The van der Waals surface area contributed by atoms with Crippen molar-refractivity contribution in [1.29, 1.82) is 0 Å². The third kappa shape index (κ3) is 3.41. The van der Waals surface area contributed by atoms with Crippen LogP contribution < -0.4 is 20.7 Å². The van der Waals surface area contributed by atoms with E-state index in [0.717, 1.165) is 22.6 Å². The quantitative estimate of drug-likeness (QED) is 0.253. The molecule has 0 aromatic heterocycles. The van der Waals surface area contributed by atoms with E-state index < -0.39 is 6.95 Å². The summed E-state index contributed by atoms with van der Waals surface area (Å²) in [6.45, 7) is -1.91. The Kier molecular flexibility index (Phi) is 5.11. The van der Waals surface area contributed by atoms with Crippen LogP contribution in [-0.4, -0.2) is 0 Å². The maximum atomic E-state index is 6.47. The van der Waals surface area contributed by atoms with Crippen LogP contribution in [0.25, 0.3) is 22.3 Å². The first-order valence-electron chi connectivity index (χ1n) is 11.1. The fourth-order valence-electron chi connectivity index (χ4n) is 4.66. The van der Waals surface area contributed by atoms with Crippen molar-refractivity contribution in [3.05, 3.63) is 127 Å². The molecule has 1 nitrogen and oxygen atoms in total. The molecular weight excluding hydrogens is 438 g/mol. The monoisotopic (exact) mass is 461 g/mol. The molecule has 6 rings (SSSR count). The van der Waals surface area contributed by atoms with E-state index in [0.29, 0.717) is 0 Å². The van der Waals surface area contributed by atoms with Gasteiger partial charge < -0.3 is 4.74 Å². The molecule has 0 N–H and O–H groups in total. The number of hydrogen-bond acceptors (Lipinski definition) is 1. The Balaban J connectivity index is 1.61. The average Bonchev–Trinajstić information content (AvgIpc) is 3.03. The Morgan fingerprint density at radius 2 is 0.909 bits per heavy atom. The van der Waals surface area contributed by atoms with Crippen molar-refractivity contribution in [2.24, 2.45) is 0 Å². The molecule has 1 aliphatic heterocycles. The van der Waals surface area contributed by atoms with Gasteiger partial charge in [0, 0.05) is 20.1 Å². The van der Waals surface area contributed by atoms with Crippen molar-refractivity contribution in [2.75, 3.05) is 0 Å². The molecule has 1 aliphatic rings. The van der Waals surface area contributed by atoms with Crippen molar-refractivity contribution in [3.63, 3.8) is 0 Å². The van der Waals surface area contributed by atoms with E-state index >= 15 is 0 Å². The fourth-order valence-corrected chi connectivity index (χ4v) is 9.00. The van der Waals surface area contributed by atoms with Crippen molar-refractivity contribution >= 4 is 31.8 Å². The smallest absolute Gasteiger partial charge is 0.135 e. The summed E-state index contributed by atoms with van der Waals surface area (Å²) in [5.74, 6) is 1.79. The number of ether oxygens (including phenoxy) is 1. The van der Waals surface area contributed by atoms with E-state index in [1.54, 1.807) is 0 Å². The lowest BCUT2D eigenvalue weighted by atomic mass is 9.95. The Hall–Kier alpha value is -3.24. The summed E-state index contributed by atoms with van der Waals surface area (Å²) in [6.07, 6.45) is 0. The fraction of sp³-hybridized carbons (Fsp3) is 0. The lowest BCUT2D eigenvalue weighted by molar-refractivity contribution is 0.488. The molecule has 1 atom stereocenters. The highest BCUT2D eigenvalue weighted by Gasteiger charge is 2.41. The summed E-state index contributed by atoms with van der Waals surface area (Å²) in [6, 6.07) is 45.4. The second-order valence-corrected chi connectivity index (χ2v) is 13.5. The molecule has 0 saturated carbocycles. The van der Waals surface area contributed by atoms with Gasteiger partial charge in [0.2, 0.25) is 0 Å². The maximum Gasteiger partial charge on any atom is 0.135 e.